The molecule has 0 bridgehead atoms. The number of hydrogen-bond acceptors (Lipinski definition) is 5. The first-order chi connectivity index (χ1) is 15.5. The van der Waals surface area contributed by atoms with E-state index in [-0.39, 0.29) is 11.3 Å². The van der Waals surface area contributed by atoms with Crippen molar-refractivity contribution in [3.63, 3.8) is 0 Å². The lowest BCUT2D eigenvalue weighted by atomic mass is 10.2. The first kappa shape index (κ1) is 23.9. The zero-order valence-corrected chi connectivity index (χ0v) is 18.5. The van der Waals surface area contributed by atoms with Crippen molar-refractivity contribution < 1.29 is 31.5 Å². The summed E-state index contributed by atoms with van der Waals surface area (Å²) in [5.41, 5.74) is 1.47. The molecule has 33 heavy (non-hydrogen) atoms. The van der Waals surface area contributed by atoms with Crippen LogP contribution in [0.5, 0.6) is 0 Å². The number of sulfonamides is 1. The van der Waals surface area contributed by atoms with Gasteiger partial charge in [0.2, 0.25) is 0 Å². The molecule has 1 amide bonds. The van der Waals surface area contributed by atoms with Crippen molar-refractivity contribution in [2.24, 2.45) is 0 Å². The molecule has 2 N–H and O–H groups in total. The van der Waals surface area contributed by atoms with E-state index >= 15 is 0 Å². The fourth-order valence-corrected chi connectivity index (χ4v) is 3.88. The van der Waals surface area contributed by atoms with Crippen molar-refractivity contribution in [3.05, 3.63) is 89.5 Å². The van der Waals surface area contributed by atoms with Crippen LogP contribution in [0.15, 0.2) is 71.6 Å². The maximum absolute atomic E-state index is 13.4. The number of carbonyl (C=O) groups is 2. The van der Waals surface area contributed by atoms with E-state index in [4.69, 9.17) is 4.74 Å². The average molecular weight is 474 g/mol. The number of amides is 1. The Morgan fingerprint density at radius 2 is 1.61 bits per heavy atom. The number of nitrogens with one attached hydrogen (secondary N) is 2. The van der Waals surface area contributed by atoms with E-state index < -0.39 is 44.5 Å². The minimum absolute atomic E-state index is 0.00829. The lowest BCUT2D eigenvalue weighted by Gasteiger charge is -2.14. The molecule has 3 rings (SSSR count). The molecule has 1 unspecified atom stereocenters. The number of esters is 1. The molecular formula is C23H20F2N2O5S. The van der Waals surface area contributed by atoms with E-state index in [0.717, 1.165) is 11.6 Å². The van der Waals surface area contributed by atoms with Crippen LogP contribution in [0.1, 0.15) is 22.8 Å². The Morgan fingerprint density at radius 1 is 0.909 bits per heavy atom. The van der Waals surface area contributed by atoms with E-state index in [1.807, 2.05) is 13.0 Å². The molecule has 0 saturated carbocycles. The average Bonchev–Trinajstić information content (AvgIpc) is 2.75. The van der Waals surface area contributed by atoms with Gasteiger partial charge < -0.3 is 10.1 Å². The summed E-state index contributed by atoms with van der Waals surface area (Å²) < 4.78 is 58.7. The van der Waals surface area contributed by atoms with Crippen molar-refractivity contribution >= 4 is 33.3 Å². The zero-order chi connectivity index (χ0) is 24.2. The van der Waals surface area contributed by atoms with E-state index in [1.165, 1.54) is 31.2 Å². The third-order valence-electron chi connectivity index (χ3n) is 4.49. The summed E-state index contributed by atoms with van der Waals surface area (Å²) in [6.45, 7) is 3.27. The fourth-order valence-electron chi connectivity index (χ4n) is 2.82. The second kappa shape index (κ2) is 9.78. The van der Waals surface area contributed by atoms with Gasteiger partial charge in [-0.25, -0.2) is 22.0 Å². The summed E-state index contributed by atoms with van der Waals surface area (Å²) in [6, 6.07) is 14.6. The molecule has 0 aliphatic heterocycles. The number of anilines is 2. The summed E-state index contributed by atoms with van der Waals surface area (Å²) in [5.74, 6) is -3.88. The summed E-state index contributed by atoms with van der Waals surface area (Å²) in [4.78, 5) is 24.3. The highest BCUT2D eigenvalue weighted by atomic mass is 32.2. The van der Waals surface area contributed by atoms with Crippen LogP contribution >= 0.6 is 0 Å². The highest BCUT2D eigenvalue weighted by Gasteiger charge is 2.21. The van der Waals surface area contributed by atoms with Crippen LogP contribution in [0.4, 0.5) is 20.2 Å². The van der Waals surface area contributed by atoms with Crippen LogP contribution in [0, 0.1) is 18.6 Å². The van der Waals surface area contributed by atoms with Crippen molar-refractivity contribution in [3.8, 4) is 0 Å². The van der Waals surface area contributed by atoms with Crippen molar-refractivity contribution in [1.29, 1.82) is 0 Å². The Hall–Kier alpha value is -3.79. The third-order valence-corrected chi connectivity index (χ3v) is 5.87. The lowest BCUT2D eigenvalue weighted by Crippen LogP contribution is -2.30. The standard InChI is InChI=1S/C23H20F2N2O5S/c1-14-5-3-7-17(11-14)26-22(28)15(2)32-23(29)16-6-4-8-18(12-16)27-33(30,31)19-9-10-20(24)21(25)13-19/h3-13,15,27H,1-2H3,(H,26,28). The molecule has 3 aromatic rings. The Bertz CT molecular complexity index is 1310. The van der Waals surface area contributed by atoms with Gasteiger partial charge in [0, 0.05) is 11.4 Å². The van der Waals surface area contributed by atoms with E-state index in [2.05, 4.69) is 10.0 Å². The minimum Gasteiger partial charge on any atom is -0.449 e. The van der Waals surface area contributed by atoms with Crippen LogP contribution < -0.4 is 10.0 Å². The zero-order valence-electron chi connectivity index (χ0n) is 17.6. The van der Waals surface area contributed by atoms with E-state index in [9.17, 15) is 26.8 Å². The molecule has 0 saturated heterocycles. The normalized spacial score (nSPS) is 12.0. The number of carbonyl (C=O) groups excluding carboxylic acids is 2. The molecule has 172 valence electrons. The molecule has 0 fully saturated rings. The lowest BCUT2D eigenvalue weighted by molar-refractivity contribution is -0.123. The van der Waals surface area contributed by atoms with Gasteiger partial charge in [0.05, 0.1) is 10.5 Å². The smallest absolute Gasteiger partial charge is 0.338 e. The van der Waals surface area contributed by atoms with E-state index in [0.29, 0.717) is 17.8 Å². The van der Waals surface area contributed by atoms with Gasteiger partial charge in [-0.15, -0.1) is 0 Å². The first-order valence-electron chi connectivity index (χ1n) is 9.71. The molecule has 0 aliphatic carbocycles. The molecular weight excluding hydrogens is 454 g/mol. The Kier molecular flexibility index (Phi) is 7.07. The number of rotatable bonds is 7. The molecule has 0 spiro atoms. The predicted octanol–water partition coefficient (Wildman–Crippen LogP) is 4.26. The summed E-state index contributed by atoms with van der Waals surface area (Å²) in [5, 5.41) is 2.64. The van der Waals surface area contributed by atoms with Crippen LogP contribution in [0.3, 0.4) is 0 Å². The number of hydrogen-bond donors (Lipinski definition) is 2. The SMILES string of the molecule is Cc1cccc(NC(=O)C(C)OC(=O)c2cccc(NS(=O)(=O)c3ccc(F)c(F)c3)c2)c1. The van der Waals surface area contributed by atoms with Gasteiger partial charge in [-0.3, -0.25) is 9.52 Å². The Balaban J connectivity index is 1.68. The van der Waals surface area contributed by atoms with Crippen molar-refractivity contribution in [1.82, 2.24) is 0 Å². The van der Waals surface area contributed by atoms with E-state index in [1.54, 1.807) is 18.2 Å². The summed E-state index contributed by atoms with van der Waals surface area (Å²) >= 11 is 0. The maximum Gasteiger partial charge on any atom is 0.338 e. The highest BCUT2D eigenvalue weighted by Crippen LogP contribution is 2.20. The molecule has 10 heteroatoms. The first-order valence-corrected chi connectivity index (χ1v) is 11.2. The summed E-state index contributed by atoms with van der Waals surface area (Å²) in [7, 11) is -4.24. The molecule has 1 atom stereocenters. The van der Waals surface area contributed by atoms with Crippen LogP contribution in [-0.2, 0) is 19.6 Å². The Labute approximate surface area is 189 Å². The molecule has 0 aliphatic rings. The Morgan fingerprint density at radius 3 is 2.30 bits per heavy atom. The van der Waals surface area contributed by atoms with Gasteiger partial charge in [0.1, 0.15) is 0 Å². The molecule has 0 aromatic heterocycles. The van der Waals surface area contributed by atoms with Crippen LogP contribution in [-0.4, -0.2) is 26.4 Å². The highest BCUT2D eigenvalue weighted by molar-refractivity contribution is 7.92. The van der Waals surface area contributed by atoms with Gasteiger partial charge in [-0.05, 0) is 67.9 Å². The minimum atomic E-state index is -4.24. The van der Waals surface area contributed by atoms with Crippen LogP contribution in [0.25, 0.3) is 0 Å². The molecule has 7 nitrogen and oxygen atoms in total. The summed E-state index contributed by atoms with van der Waals surface area (Å²) in [6.07, 6.45) is -1.12. The second-order valence-electron chi connectivity index (χ2n) is 7.17. The maximum atomic E-state index is 13.4. The van der Waals surface area contributed by atoms with Gasteiger partial charge in [-0.1, -0.05) is 18.2 Å². The van der Waals surface area contributed by atoms with Gasteiger partial charge in [0.15, 0.2) is 17.7 Å². The monoisotopic (exact) mass is 474 g/mol. The van der Waals surface area contributed by atoms with Crippen molar-refractivity contribution in [2.75, 3.05) is 10.0 Å². The van der Waals surface area contributed by atoms with Gasteiger partial charge in [0.25, 0.3) is 15.9 Å². The topological polar surface area (TPSA) is 102 Å². The number of benzene rings is 3. The van der Waals surface area contributed by atoms with Crippen molar-refractivity contribution in [2.45, 2.75) is 24.8 Å². The largest absolute Gasteiger partial charge is 0.449 e. The quantitative estimate of drug-likeness (QED) is 0.499. The predicted molar refractivity (Wildman–Crippen MR) is 118 cm³/mol. The fraction of sp³-hybridized carbons (Fsp3) is 0.130. The van der Waals surface area contributed by atoms with Gasteiger partial charge >= 0.3 is 5.97 Å². The number of aryl methyl sites for hydroxylation is 1. The molecule has 3 aromatic carbocycles. The second-order valence-corrected chi connectivity index (χ2v) is 8.85. The third kappa shape index (κ3) is 6.13. The number of ether oxygens (including phenoxy) is 1. The number of halogens is 2. The molecule has 0 radical (unpaired) electrons. The van der Waals surface area contributed by atoms with Crippen LogP contribution in [0.2, 0.25) is 0 Å². The molecule has 0 heterocycles. The van der Waals surface area contributed by atoms with Gasteiger partial charge in [-0.2, -0.15) is 0 Å².